The number of alkyl halides is 2. The van der Waals surface area contributed by atoms with Crippen LogP contribution in [-0.4, -0.2) is 13.2 Å². The lowest BCUT2D eigenvalue weighted by atomic mass is 10.1. The first kappa shape index (κ1) is 13.5. The van der Waals surface area contributed by atoms with Crippen LogP contribution < -0.4 is 10.1 Å². The van der Waals surface area contributed by atoms with Crippen LogP contribution in [0.15, 0.2) is 24.3 Å². The summed E-state index contributed by atoms with van der Waals surface area (Å²) >= 11 is 0. The Kier molecular flexibility index (Phi) is 5.44. The van der Waals surface area contributed by atoms with Crippen molar-refractivity contribution in [3.05, 3.63) is 29.8 Å². The molecule has 0 spiro atoms. The fourth-order valence-electron chi connectivity index (χ4n) is 1.43. The Morgan fingerprint density at radius 1 is 1.47 bits per heavy atom. The third kappa shape index (κ3) is 4.41. The number of ether oxygens (including phenoxy) is 1. The van der Waals surface area contributed by atoms with E-state index < -0.39 is 6.61 Å². The van der Waals surface area contributed by atoms with Crippen LogP contribution in [0.2, 0.25) is 0 Å². The highest BCUT2D eigenvalue weighted by molar-refractivity contribution is 5.33. The van der Waals surface area contributed by atoms with Crippen molar-refractivity contribution in [1.82, 2.24) is 5.32 Å². The maximum Gasteiger partial charge on any atom is 0.387 e. The molecule has 0 aliphatic carbocycles. The zero-order valence-corrected chi connectivity index (χ0v) is 9.62. The molecule has 1 rings (SSSR count). The summed E-state index contributed by atoms with van der Waals surface area (Å²) in [4.78, 5) is 0. The van der Waals surface area contributed by atoms with Gasteiger partial charge < -0.3 is 10.1 Å². The van der Waals surface area contributed by atoms with Crippen LogP contribution in [0, 0.1) is 12.3 Å². The number of nitrogens with one attached hydrogen (secondary N) is 1. The predicted octanol–water partition coefficient (Wildman–Crippen LogP) is 2.96. The molecule has 1 unspecified atom stereocenters. The van der Waals surface area contributed by atoms with Gasteiger partial charge in [0.1, 0.15) is 5.75 Å². The van der Waals surface area contributed by atoms with Gasteiger partial charge in [0.25, 0.3) is 0 Å². The Morgan fingerprint density at radius 2 is 2.24 bits per heavy atom. The summed E-state index contributed by atoms with van der Waals surface area (Å²) in [6, 6.07) is 6.15. The van der Waals surface area contributed by atoms with Crippen LogP contribution >= 0.6 is 0 Å². The van der Waals surface area contributed by atoms with Crippen LogP contribution in [0.4, 0.5) is 8.78 Å². The van der Waals surface area contributed by atoms with Gasteiger partial charge in [0.15, 0.2) is 0 Å². The zero-order chi connectivity index (χ0) is 12.7. The van der Waals surface area contributed by atoms with E-state index in [1.807, 2.05) is 6.92 Å². The lowest BCUT2D eigenvalue weighted by Gasteiger charge is -2.14. The van der Waals surface area contributed by atoms with Crippen molar-refractivity contribution in [3.63, 3.8) is 0 Å². The van der Waals surface area contributed by atoms with E-state index >= 15 is 0 Å². The summed E-state index contributed by atoms with van der Waals surface area (Å²) in [6.45, 7) is -0.0238. The quantitative estimate of drug-likeness (QED) is 0.771. The molecule has 0 saturated carbocycles. The minimum Gasteiger partial charge on any atom is -0.435 e. The Balaban J connectivity index is 2.78. The highest BCUT2D eigenvalue weighted by Crippen LogP contribution is 2.20. The second kappa shape index (κ2) is 6.87. The second-order valence-electron chi connectivity index (χ2n) is 3.50. The fourth-order valence-corrected chi connectivity index (χ4v) is 1.43. The van der Waals surface area contributed by atoms with Crippen molar-refractivity contribution in [2.75, 3.05) is 6.54 Å². The summed E-state index contributed by atoms with van der Waals surface area (Å²) < 4.78 is 28.4. The van der Waals surface area contributed by atoms with Gasteiger partial charge in [0, 0.05) is 0 Å². The van der Waals surface area contributed by atoms with Gasteiger partial charge in [-0.1, -0.05) is 25.0 Å². The molecule has 0 aliphatic heterocycles. The highest BCUT2D eigenvalue weighted by atomic mass is 19.3. The number of halogens is 2. The lowest BCUT2D eigenvalue weighted by molar-refractivity contribution is -0.0498. The first-order chi connectivity index (χ1) is 8.17. The monoisotopic (exact) mass is 239 g/mol. The highest BCUT2D eigenvalue weighted by Gasteiger charge is 2.09. The molecule has 0 aliphatic rings. The van der Waals surface area contributed by atoms with Gasteiger partial charge in [-0.3, -0.25) is 0 Å². The van der Waals surface area contributed by atoms with E-state index in [-0.39, 0.29) is 11.8 Å². The molecule has 0 heterocycles. The maximum atomic E-state index is 12.1. The van der Waals surface area contributed by atoms with Gasteiger partial charge >= 0.3 is 6.61 Å². The van der Waals surface area contributed by atoms with E-state index in [2.05, 4.69) is 16.0 Å². The van der Waals surface area contributed by atoms with Crippen LogP contribution in [0.3, 0.4) is 0 Å². The Labute approximate surface area is 100.0 Å². The molecule has 2 nitrogen and oxygen atoms in total. The topological polar surface area (TPSA) is 21.3 Å². The summed E-state index contributed by atoms with van der Waals surface area (Å²) in [6.07, 6.45) is 6.35. The van der Waals surface area contributed by atoms with Gasteiger partial charge in [-0.25, -0.2) is 0 Å². The molecule has 4 heteroatoms. The molecule has 1 N–H and O–H groups in total. The third-order valence-corrected chi connectivity index (χ3v) is 2.18. The number of rotatable bonds is 6. The fraction of sp³-hybridized carbons (Fsp3) is 0.385. The smallest absolute Gasteiger partial charge is 0.387 e. The first-order valence-corrected chi connectivity index (χ1v) is 5.41. The van der Waals surface area contributed by atoms with Gasteiger partial charge in [-0.05, 0) is 30.7 Å². The molecule has 0 saturated heterocycles. The third-order valence-electron chi connectivity index (χ3n) is 2.18. The van der Waals surface area contributed by atoms with E-state index in [9.17, 15) is 8.78 Å². The van der Waals surface area contributed by atoms with Crippen molar-refractivity contribution < 1.29 is 13.5 Å². The van der Waals surface area contributed by atoms with Crippen LogP contribution in [0.5, 0.6) is 5.75 Å². The van der Waals surface area contributed by atoms with Crippen molar-refractivity contribution >= 4 is 0 Å². The summed E-state index contributed by atoms with van der Waals surface area (Å²) in [5.41, 5.74) is 0.749. The molecule has 1 aromatic rings. The molecular weight excluding hydrogens is 224 g/mol. The molecule has 1 atom stereocenters. The van der Waals surface area contributed by atoms with E-state index in [1.165, 1.54) is 12.1 Å². The van der Waals surface area contributed by atoms with Crippen molar-refractivity contribution in [2.24, 2.45) is 0 Å². The number of hydrogen-bond acceptors (Lipinski definition) is 2. The second-order valence-corrected chi connectivity index (χ2v) is 3.50. The average molecular weight is 239 g/mol. The summed E-state index contributed by atoms with van der Waals surface area (Å²) in [5.74, 6) is 2.70. The van der Waals surface area contributed by atoms with Gasteiger partial charge in [0.05, 0.1) is 6.04 Å². The zero-order valence-electron chi connectivity index (χ0n) is 9.62. The lowest BCUT2D eigenvalue weighted by Crippen LogP contribution is -2.20. The largest absolute Gasteiger partial charge is 0.435 e. The Morgan fingerprint density at radius 3 is 2.82 bits per heavy atom. The maximum absolute atomic E-state index is 12.1. The SMILES string of the molecule is C#CC(NCCC)c1cccc(OC(F)F)c1. The number of benzene rings is 1. The standard InChI is InChI=1S/C13H15F2NO/c1-3-8-16-12(4-2)10-6-5-7-11(9-10)17-13(14)15/h2,5-7,9,12-13,16H,3,8H2,1H3. The number of hydrogen-bond donors (Lipinski definition) is 1. The minimum atomic E-state index is -2.82. The summed E-state index contributed by atoms with van der Waals surface area (Å²) in [7, 11) is 0. The van der Waals surface area contributed by atoms with Gasteiger partial charge in [-0.2, -0.15) is 8.78 Å². The van der Waals surface area contributed by atoms with E-state index in [1.54, 1.807) is 12.1 Å². The molecule has 0 radical (unpaired) electrons. The predicted molar refractivity (Wildman–Crippen MR) is 62.9 cm³/mol. The molecule has 1 aromatic carbocycles. The molecule has 0 aromatic heterocycles. The molecule has 17 heavy (non-hydrogen) atoms. The van der Waals surface area contributed by atoms with Crippen molar-refractivity contribution in [1.29, 1.82) is 0 Å². The molecular formula is C13H15F2NO. The molecule has 0 amide bonds. The molecule has 0 bridgehead atoms. The normalized spacial score (nSPS) is 12.2. The van der Waals surface area contributed by atoms with E-state index in [0.29, 0.717) is 0 Å². The average Bonchev–Trinajstić information content (AvgIpc) is 2.30. The van der Waals surface area contributed by atoms with Crippen molar-refractivity contribution in [2.45, 2.75) is 26.0 Å². The first-order valence-electron chi connectivity index (χ1n) is 5.41. The van der Waals surface area contributed by atoms with Crippen molar-refractivity contribution in [3.8, 4) is 18.1 Å². The van der Waals surface area contributed by atoms with E-state index in [4.69, 9.17) is 6.42 Å². The Hall–Kier alpha value is -1.60. The van der Waals surface area contributed by atoms with Crippen LogP contribution in [0.25, 0.3) is 0 Å². The van der Waals surface area contributed by atoms with Crippen LogP contribution in [-0.2, 0) is 0 Å². The van der Waals surface area contributed by atoms with Crippen LogP contribution in [0.1, 0.15) is 24.9 Å². The number of terminal acetylenes is 1. The molecule has 0 fully saturated rings. The summed E-state index contributed by atoms with van der Waals surface area (Å²) in [5, 5.41) is 3.14. The molecule has 92 valence electrons. The Bertz CT molecular complexity index is 387. The van der Waals surface area contributed by atoms with Gasteiger partial charge in [-0.15, -0.1) is 6.42 Å². The van der Waals surface area contributed by atoms with E-state index in [0.717, 1.165) is 18.5 Å². The van der Waals surface area contributed by atoms with Gasteiger partial charge in [0.2, 0.25) is 0 Å². The minimum absolute atomic E-state index is 0.121.